The fraction of sp³-hybridized carbons (Fsp3) is 0.615. The molecular formula is C13H22N2O3. The van der Waals surface area contributed by atoms with E-state index in [1.807, 2.05) is 38.1 Å². The molecule has 18 heavy (non-hydrogen) atoms. The number of nitrogens with zero attached hydrogens (tertiary/aromatic N) is 1. The lowest BCUT2D eigenvalue weighted by Gasteiger charge is -2.23. The number of hydrogen-bond acceptors (Lipinski definition) is 4. The average molecular weight is 254 g/mol. The van der Waals surface area contributed by atoms with Crippen LogP contribution in [-0.2, 0) is 9.53 Å². The zero-order valence-corrected chi connectivity index (χ0v) is 11.5. The molecule has 0 bridgehead atoms. The van der Waals surface area contributed by atoms with Gasteiger partial charge in [0.2, 0.25) is 5.91 Å². The molecule has 1 heterocycles. The summed E-state index contributed by atoms with van der Waals surface area (Å²) in [6, 6.07) is 3.77. The van der Waals surface area contributed by atoms with Crippen LogP contribution in [0.15, 0.2) is 22.8 Å². The van der Waals surface area contributed by atoms with Crippen molar-refractivity contribution in [1.82, 2.24) is 10.2 Å². The maximum absolute atomic E-state index is 11.7. The third-order valence-electron chi connectivity index (χ3n) is 2.75. The van der Waals surface area contributed by atoms with Crippen LogP contribution in [0.1, 0.15) is 25.6 Å². The van der Waals surface area contributed by atoms with E-state index in [0.717, 1.165) is 5.76 Å². The number of furan rings is 1. The second kappa shape index (κ2) is 7.18. The second-order valence-electron chi connectivity index (χ2n) is 4.34. The summed E-state index contributed by atoms with van der Waals surface area (Å²) in [4.78, 5) is 13.7. The summed E-state index contributed by atoms with van der Waals surface area (Å²) in [6.45, 7) is 4.65. The molecule has 102 valence electrons. The Bertz CT molecular complexity index is 349. The van der Waals surface area contributed by atoms with Gasteiger partial charge in [0.15, 0.2) is 0 Å². The predicted molar refractivity (Wildman–Crippen MR) is 69.2 cm³/mol. The minimum Gasteiger partial charge on any atom is -0.468 e. The minimum absolute atomic E-state index is 0.0257. The van der Waals surface area contributed by atoms with Gasteiger partial charge in [0, 0.05) is 13.2 Å². The van der Waals surface area contributed by atoms with Gasteiger partial charge in [-0.05, 0) is 40.1 Å². The highest BCUT2D eigenvalue weighted by Gasteiger charge is 2.19. The molecule has 0 radical (unpaired) electrons. The molecule has 1 amide bonds. The number of carbonyl (C=O) groups is 1. The SMILES string of the molecule is CCO[C@@H](C)C(=O)NC[C@@H](c1ccco1)N(C)C. The standard InChI is InChI=1S/C13H22N2O3/c1-5-17-10(2)13(16)14-9-11(15(3)4)12-7-6-8-18-12/h6-8,10-11H,5,9H2,1-4H3,(H,14,16)/t10-,11-/m0/s1. The summed E-state index contributed by atoms with van der Waals surface area (Å²) in [5.74, 6) is 0.736. The van der Waals surface area contributed by atoms with Crippen LogP contribution < -0.4 is 5.32 Å². The minimum atomic E-state index is -0.422. The summed E-state index contributed by atoms with van der Waals surface area (Å²) in [6.07, 6.45) is 1.21. The topological polar surface area (TPSA) is 54.7 Å². The van der Waals surface area contributed by atoms with Crippen LogP contribution in [0.5, 0.6) is 0 Å². The number of hydrogen-bond donors (Lipinski definition) is 1. The number of likely N-dealkylation sites (N-methyl/N-ethyl adjacent to an activating group) is 1. The van der Waals surface area contributed by atoms with Gasteiger partial charge in [0.05, 0.1) is 12.3 Å². The van der Waals surface area contributed by atoms with Crippen LogP contribution in [0.4, 0.5) is 0 Å². The molecule has 0 aliphatic rings. The lowest BCUT2D eigenvalue weighted by Crippen LogP contribution is -2.39. The van der Waals surface area contributed by atoms with Gasteiger partial charge in [0.1, 0.15) is 11.9 Å². The summed E-state index contributed by atoms with van der Waals surface area (Å²) in [7, 11) is 3.90. The van der Waals surface area contributed by atoms with E-state index in [2.05, 4.69) is 5.32 Å². The zero-order chi connectivity index (χ0) is 13.5. The Hall–Kier alpha value is -1.33. The molecule has 0 saturated carbocycles. The van der Waals surface area contributed by atoms with Gasteiger partial charge in [-0.1, -0.05) is 0 Å². The van der Waals surface area contributed by atoms with E-state index in [-0.39, 0.29) is 11.9 Å². The normalized spacial score (nSPS) is 14.5. The van der Waals surface area contributed by atoms with Crippen molar-refractivity contribution in [1.29, 1.82) is 0 Å². The van der Waals surface area contributed by atoms with Gasteiger partial charge in [0.25, 0.3) is 0 Å². The highest BCUT2D eigenvalue weighted by molar-refractivity contribution is 5.80. The molecule has 1 N–H and O–H groups in total. The van der Waals surface area contributed by atoms with Crippen LogP contribution >= 0.6 is 0 Å². The van der Waals surface area contributed by atoms with Gasteiger partial charge in [-0.2, -0.15) is 0 Å². The summed E-state index contributed by atoms with van der Waals surface area (Å²) in [5, 5.41) is 2.87. The van der Waals surface area contributed by atoms with Crippen molar-refractivity contribution in [2.45, 2.75) is 26.0 Å². The Morgan fingerprint density at radius 2 is 2.28 bits per heavy atom. The molecule has 5 nitrogen and oxygen atoms in total. The molecule has 1 rings (SSSR count). The number of nitrogens with one attached hydrogen (secondary N) is 1. The summed E-state index contributed by atoms with van der Waals surface area (Å²) < 4.78 is 10.6. The maximum Gasteiger partial charge on any atom is 0.248 e. The Kier molecular flexibility index (Phi) is 5.88. The summed E-state index contributed by atoms with van der Waals surface area (Å²) >= 11 is 0. The van der Waals surface area contributed by atoms with Crippen LogP contribution in [-0.4, -0.2) is 44.2 Å². The van der Waals surface area contributed by atoms with Crippen LogP contribution in [0.25, 0.3) is 0 Å². The van der Waals surface area contributed by atoms with Crippen LogP contribution in [0.2, 0.25) is 0 Å². The van der Waals surface area contributed by atoms with Crippen molar-refractivity contribution in [3.05, 3.63) is 24.2 Å². The highest BCUT2D eigenvalue weighted by atomic mass is 16.5. The van der Waals surface area contributed by atoms with E-state index in [1.54, 1.807) is 13.2 Å². The quantitative estimate of drug-likeness (QED) is 0.799. The Balaban J connectivity index is 2.51. The average Bonchev–Trinajstić information content (AvgIpc) is 2.82. The molecule has 0 aliphatic carbocycles. The van der Waals surface area contributed by atoms with E-state index in [1.165, 1.54) is 0 Å². The first-order valence-electron chi connectivity index (χ1n) is 6.15. The number of ether oxygens (including phenoxy) is 1. The molecule has 1 aromatic rings. The monoisotopic (exact) mass is 254 g/mol. The molecule has 0 spiro atoms. The van der Waals surface area contributed by atoms with Crippen molar-refractivity contribution >= 4 is 5.91 Å². The fourth-order valence-corrected chi connectivity index (χ4v) is 1.69. The lowest BCUT2D eigenvalue weighted by atomic mass is 10.2. The van der Waals surface area contributed by atoms with Gasteiger partial charge in [-0.3, -0.25) is 9.69 Å². The van der Waals surface area contributed by atoms with Crippen LogP contribution in [0, 0.1) is 0 Å². The largest absolute Gasteiger partial charge is 0.468 e. The van der Waals surface area contributed by atoms with Gasteiger partial charge in [-0.25, -0.2) is 0 Å². The number of carbonyl (C=O) groups excluding carboxylic acids is 1. The molecule has 5 heteroatoms. The third kappa shape index (κ3) is 4.16. The van der Waals surface area contributed by atoms with Crippen molar-refractivity contribution in [3.8, 4) is 0 Å². The Labute approximate surface area is 108 Å². The first-order chi connectivity index (χ1) is 8.56. The van der Waals surface area contributed by atoms with E-state index < -0.39 is 6.10 Å². The van der Waals surface area contributed by atoms with Gasteiger partial charge >= 0.3 is 0 Å². The molecule has 0 fully saturated rings. The number of rotatable bonds is 7. The fourth-order valence-electron chi connectivity index (χ4n) is 1.69. The maximum atomic E-state index is 11.7. The predicted octanol–water partition coefficient (Wildman–Crippen LogP) is 1.42. The lowest BCUT2D eigenvalue weighted by molar-refractivity contribution is -0.131. The van der Waals surface area contributed by atoms with E-state index in [4.69, 9.17) is 9.15 Å². The molecule has 0 aliphatic heterocycles. The third-order valence-corrected chi connectivity index (χ3v) is 2.75. The molecule has 2 atom stereocenters. The summed E-state index contributed by atoms with van der Waals surface area (Å²) in [5.41, 5.74) is 0. The molecular weight excluding hydrogens is 232 g/mol. The van der Waals surface area contributed by atoms with Crippen molar-refractivity contribution in [3.63, 3.8) is 0 Å². The van der Waals surface area contributed by atoms with E-state index in [0.29, 0.717) is 13.2 Å². The van der Waals surface area contributed by atoms with E-state index in [9.17, 15) is 4.79 Å². The highest BCUT2D eigenvalue weighted by Crippen LogP contribution is 2.17. The van der Waals surface area contributed by atoms with Crippen molar-refractivity contribution in [2.75, 3.05) is 27.2 Å². The van der Waals surface area contributed by atoms with Gasteiger partial charge < -0.3 is 14.5 Å². The number of amides is 1. The first kappa shape index (κ1) is 14.7. The molecule has 0 aromatic carbocycles. The van der Waals surface area contributed by atoms with Crippen LogP contribution in [0.3, 0.4) is 0 Å². The van der Waals surface area contributed by atoms with E-state index >= 15 is 0 Å². The van der Waals surface area contributed by atoms with Crippen molar-refractivity contribution in [2.24, 2.45) is 0 Å². The molecule has 1 aromatic heterocycles. The van der Waals surface area contributed by atoms with Gasteiger partial charge in [-0.15, -0.1) is 0 Å². The smallest absolute Gasteiger partial charge is 0.248 e. The van der Waals surface area contributed by atoms with Crippen molar-refractivity contribution < 1.29 is 13.9 Å². The molecule has 0 unspecified atom stereocenters. The molecule has 0 saturated heterocycles. The first-order valence-corrected chi connectivity index (χ1v) is 6.15. The second-order valence-corrected chi connectivity index (χ2v) is 4.34. The Morgan fingerprint density at radius 3 is 2.78 bits per heavy atom. The Morgan fingerprint density at radius 1 is 1.56 bits per heavy atom. The zero-order valence-electron chi connectivity index (χ0n) is 11.5.